The molecule has 1 N–H and O–H groups in total. The van der Waals surface area contributed by atoms with E-state index in [9.17, 15) is 5.11 Å². The van der Waals surface area contributed by atoms with Gasteiger partial charge in [-0.1, -0.05) is 0 Å². The van der Waals surface area contributed by atoms with Crippen LogP contribution >= 0.6 is 0 Å². The van der Waals surface area contributed by atoms with E-state index in [1.54, 1.807) is 33.7 Å². The summed E-state index contributed by atoms with van der Waals surface area (Å²) >= 11 is 0. The lowest BCUT2D eigenvalue weighted by Crippen LogP contribution is -2.49. The van der Waals surface area contributed by atoms with Crippen molar-refractivity contribution in [1.29, 1.82) is 0 Å². The maximum atomic E-state index is 10.2. The normalized spacial score (nSPS) is 19.2. The molecular formula is C20H29B2N2O4. The van der Waals surface area contributed by atoms with E-state index in [0.717, 1.165) is 22.0 Å². The summed E-state index contributed by atoms with van der Waals surface area (Å²) in [6, 6.07) is 3.84. The van der Waals surface area contributed by atoms with Crippen LogP contribution in [0.25, 0.3) is 11.0 Å². The Labute approximate surface area is 168 Å². The number of rotatable bonds is 5. The molecular weight excluding hydrogens is 354 g/mol. The van der Waals surface area contributed by atoms with E-state index in [1.807, 2.05) is 53.7 Å². The summed E-state index contributed by atoms with van der Waals surface area (Å²) in [6.45, 7) is 15.2. The van der Waals surface area contributed by atoms with Crippen molar-refractivity contribution in [2.24, 2.45) is 0 Å². The fourth-order valence-electron chi connectivity index (χ4n) is 2.57. The van der Waals surface area contributed by atoms with E-state index >= 15 is 0 Å². The maximum absolute atomic E-state index is 10.2. The standard InChI is InChI=1S/C20H29B2N2O4/c1-17(2,25)18(3,4)26-21-13-9-15-16(23-11-13)10-14(12-24-15)22-27-19(5,6)20(7,8)28-22/h9-12,25H,1-8H3. The smallest absolute Gasteiger partial charge is 0.427 e. The fraction of sp³-hybridized carbons (Fsp3) is 0.600. The van der Waals surface area contributed by atoms with Crippen molar-refractivity contribution in [2.45, 2.75) is 77.8 Å². The van der Waals surface area contributed by atoms with Gasteiger partial charge in [-0.25, -0.2) is 0 Å². The molecule has 0 spiro atoms. The third kappa shape index (κ3) is 3.96. The molecule has 0 amide bonds. The number of hydrogen-bond acceptors (Lipinski definition) is 6. The molecule has 0 aliphatic carbocycles. The van der Waals surface area contributed by atoms with Crippen molar-refractivity contribution in [3.8, 4) is 0 Å². The van der Waals surface area contributed by atoms with Gasteiger partial charge in [-0.3, -0.25) is 9.97 Å². The lowest BCUT2D eigenvalue weighted by molar-refractivity contribution is -0.0893. The minimum absolute atomic E-state index is 0.399. The molecule has 28 heavy (non-hydrogen) atoms. The van der Waals surface area contributed by atoms with Gasteiger partial charge in [0.15, 0.2) is 0 Å². The van der Waals surface area contributed by atoms with E-state index in [2.05, 4.69) is 9.97 Å². The third-order valence-corrected chi connectivity index (χ3v) is 6.06. The summed E-state index contributed by atoms with van der Waals surface area (Å²) in [4.78, 5) is 9.03. The van der Waals surface area contributed by atoms with Crippen LogP contribution in [0.1, 0.15) is 55.4 Å². The molecule has 1 aliphatic heterocycles. The molecule has 0 atom stereocenters. The lowest BCUT2D eigenvalue weighted by Gasteiger charge is -2.37. The summed E-state index contributed by atoms with van der Waals surface area (Å²) in [5.41, 5.74) is 0.604. The van der Waals surface area contributed by atoms with E-state index < -0.39 is 29.5 Å². The van der Waals surface area contributed by atoms with Gasteiger partial charge in [0.05, 0.1) is 33.4 Å². The van der Waals surface area contributed by atoms with Crippen LogP contribution in [0.2, 0.25) is 0 Å². The van der Waals surface area contributed by atoms with Gasteiger partial charge in [0, 0.05) is 17.9 Å². The number of aromatic nitrogens is 2. The summed E-state index contributed by atoms with van der Waals surface area (Å²) < 4.78 is 18.0. The molecule has 6 nitrogen and oxygen atoms in total. The van der Waals surface area contributed by atoms with Crippen molar-refractivity contribution < 1.29 is 19.1 Å². The molecule has 1 fully saturated rings. The Hall–Kier alpha value is -1.47. The van der Waals surface area contributed by atoms with Gasteiger partial charge in [-0.2, -0.15) is 0 Å². The van der Waals surface area contributed by atoms with E-state index in [1.165, 1.54) is 0 Å². The molecule has 0 unspecified atom stereocenters. The molecule has 0 saturated carbocycles. The number of aliphatic hydroxyl groups is 1. The van der Waals surface area contributed by atoms with E-state index in [0.29, 0.717) is 0 Å². The molecule has 3 rings (SSSR count). The monoisotopic (exact) mass is 383 g/mol. The van der Waals surface area contributed by atoms with Crippen LogP contribution in [0, 0.1) is 0 Å². The first-order valence-corrected chi connectivity index (χ1v) is 9.57. The predicted octanol–water partition coefficient (Wildman–Crippen LogP) is 1.74. The zero-order chi connectivity index (χ0) is 21.0. The van der Waals surface area contributed by atoms with Crippen molar-refractivity contribution in [1.82, 2.24) is 9.97 Å². The van der Waals surface area contributed by atoms with Gasteiger partial charge in [-0.05, 0) is 73.0 Å². The number of nitrogens with zero attached hydrogens (tertiary/aromatic N) is 2. The van der Waals surface area contributed by atoms with Crippen molar-refractivity contribution in [3.05, 3.63) is 24.5 Å². The Kier molecular flexibility index (Phi) is 5.16. The summed E-state index contributed by atoms with van der Waals surface area (Å²) in [5, 5.41) is 10.2. The van der Waals surface area contributed by atoms with Gasteiger partial charge in [0.1, 0.15) is 0 Å². The average Bonchev–Trinajstić information content (AvgIpc) is 2.79. The molecule has 2 aromatic rings. The van der Waals surface area contributed by atoms with Crippen molar-refractivity contribution in [3.63, 3.8) is 0 Å². The molecule has 1 saturated heterocycles. The summed E-state index contributed by atoms with van der Waals surface area (Å²) in [5.74, 6) is 0. The first kappa shape index (κ1) is 21.2. The van der Waals surface area contributed by atoms with Gasteiger partial charge < -0.3 is 19.1 Å². The highest BCUT2D eigenvalue weighted by atomic mass is 16.7. The topological polar surface area (TPSA) is 73.7 Å². The first-order chi connectivity index (χ1) is 12.7. The molecule has 1 radical (unpaired) electrons. The number of pyridine rings is 2. The minimum atomic E-state index is -0.982. The number of hydrogen-bond donors (Lipinski definition) is 1. The van der Waals surface area contributed by atoms with Gasteiger partial charge in [-0.15, -0.1) is 0 Å². The quantitative estimate of drug-likeness (QED) is 0.794. The molecule has 149 valence electrons. The average molecular weight is 383 g/mol. The van der Waals surface area contributed by atoms with Gasteiger partial charge in [0.25, 0.3) is 0 Å². The largest absolute Gasteiger partial charge is 0.496 e. The second kappa shape index (κ2) is 6.80. The third-order valence-electron chi connectivity index (χ3n) is 6.06. The molecule has 0 bridgehead atoms. The molecule has 3 heterocycles. The molecule has 0 aromatic carbocycles. The van der Waals surface area contributed by atoms with Crippen LogP contribution in [0.5, 0.6) is 0 Å². The van der Waals surface area contributed by atoms with Crippen LogP contribution < -0.4 is 10.9 Å². The van der Waals surface area contributed by atoms with E-state index in [-0.39, 0.29) is 0 Å². The second-order valence-corrected chi connectivity index (χ2v) is 9.47. The van der Waals surface area contributed by atoms with Crippen LogP contribution in [0.3, 0.4) is 0 Å². The SMILES string of the molecule is CC(C)(O)C(C)(C)O[B]c1cnc2cc(B3OC(C)(C)C(C)(C)O3)cnc2c1. The second-order valence-electron chi connectivity index (χ2n) is 9.47. The lowest BCUT2D eigenvalue weighted by atomic mass is 9.80. The highest BCUT2D eigenvalue weighted by Gasteiger charge is 2.51. The highest BCUT2D eigenvalue weighted by molar-refractivity contribution is 6.62. The van der Waals surface area contributed by atoms with Crippen LogP contribution in [0.15, 0.2) is 24.5 Å². The highest BCUT2D eigenvalue weighted by Crippen LogP contribution is 2.36. The predicted molar refractivity (Wildman–Crippen MR) is 112 cm³/mol. The van der Waals surface area contributed by atoms with Crippen LogP contribution in [-0.2, 0) is 14.0 Å². The van der Waals surface area contributed by atoms with Crippen molar-refractivity contribution in [2.75, 3.05) is 0 Å². The van der Waals surface area contributed by atoms with Crippen LogP contribution in [-0.4, -0.2) is 52.1 Å². The maximum Gasteiger partial charge on any atom is 0.496 e. The minimum Gasteiger partial charge on any atom is -0.427 e. The van der Waals surface area contributed by atoms with Crippen LogP contribution in [0.4, 0.5) is 0 Å². The first-order valence-electron chi connectivity index (χ1n) is 9.57. The fourth-order valence-corrected chi connectivity index (χ4v) is 2.57. The van der Waals surface area contributed by atoms with E-state index in [4.69, 9.17) is 14.0 Å². The molecule has 2 aromatic heterocycles. The Morgan fingerprint density at radius 3 is 2.07 bits per heavy atom. The number of fused-ring (bicyclic) bond motifs is 1. The summed E-state index contributed by atoms with van der Waals surface area (Å²) in [7, 11) is 1.14. The Bertz CT molecular complexity index is 862. The Balaban J connectivity index is 1.78. The zero-order valence-electron chi connectivity index (χ0n) is 18.0. The molecule has 8 heteroatoms. The molecule has 1 aliphatic rings. The Morgan fingerprint density at radius 2 is 1.50 bits per heavy atom. The van der Waals surface area contributed by atoms with Crippen molar-refractivity contribution >= 4 is 36.6 Å². The van der Waals surface area contributed by atoms with Gasteiger partial charge in [0.2, 0.25) is 0 Å². The van der Waals surface area contributed by atoms with Gasteiger partial charge >= 0.3 is 14.6 Å². The zero-order valence-corrected chi connectivity index (χ0v) is 18.0. The Morgan fingerprint density at radius 1 is 0.964 bits per heavy atom. The summed E-state index contributed by atoms with van der Waals surface area (Å²) in [6.07, 6.45) is 3.48.